The number of carboxylic acid groups (broad SMARTS) is 1. The molecule has 7 nitrogen and oxygen atoms in total. The number of fused-ring (bicyclic) bond motifs is 3. The highest BCUT2D eigenvalue weighted by Crippen LogP contribution is 2.44. The van der Waals surface area contributed by atoms with Gasteiger partial charge in [-0.05, 0) is 53.9 Å². The monoisotopic (exact) mass is 462 g/mol. The van der Waals surface area contributed by atoms with Gasteiger partial charge < -0.3 is 20.5 Å². The summed E-state index contributed by atoms with van der Waals surface area (Å²) in [7, 11) is 0. The van der Waals surface area contributed by atoms with E-state index in [0.29, 0.717) is 12.8 Å². The number of hydrogen-bond donors (Lipinski definition) is 3. The van der Waals surface area contributed by atoms with Crippen LogP contribution in [0.4, 0.5) is 4.79 Å². The Morgan fingerprint density at radius 3 is 2.15 bits per heavy atom. The van der Waals surface area contributed by atoms with Crippen LogP contribution in [0.25, 0.3) is 11.1 Å². The topological polar surface area (TPSA) is 105 Å². The number of nitrogens with one attached hydrogen (secondary N) is 2. The molecule has 2 aromatic carbocycles. The van der Waals surface area contributed by atoms with E-state index in [2.05, 4.69) is 34.9 Å². The molecule has 2 amide bonds. The number of carbonyl (C=O) groups excluding carboxylic acids is 2. The van der Waals surface area contributed by atoms with Crippen molar-refractivity contribution in [1.29, 1.82) is 0 Å². The lowest BCUT2D eigenvalue weighted by Gasteiger charge is -2.35. The summed E-state index contributed by atoms with van der Waals surface area (Å²) in [5.41, 5.74) is 4.70. The Kier molecular flexibility index (Phi) is 6.26. The molecule has 7 heteroatoms. The normalized spacial score (nSPS) is 21.9. The van der Waals surface area contributed by atoms with Gasteiger partial charge in [0.25, 0.3) is 0 Å². The van der Waals surface area contributed by atoms with Crippen LogP contribution in [-0.4, -0.2) is 42.3 Å². The van der Waals surface area contributed by atoms with E-state index in [9.17, 15) is 19.5 Å². The zero-order valence-corrected chi connectivity index (χ0v) is 19.0. The number of aliphatic carboxylic acids is 1. The molecule has 5 rings (SSSR count). The van der Waals surface area contributed by atoms with Crippen LogP contribution in [0.5, 0.6) is 0 Å². The Bertz CT molecular complexity index is 1040. The molecule has 3 aliphatic rings. The Morgan fingerprint density at radius 2 is 1.59 bits per heavy atom. The SMILES string of the molecule is O=C(NC1CC(C(=O)NCC(C(=O)O)C2CCC2)C1)OCC1c2ccccc2-c2ccccc21. The molecule has 1 atom stereocenters. The Balaban J connectivity index is 1.07. The van der Waals surface area contributed by atoms with Gasteiger partial charge in [0.2, 0.25) is 5.91 Å². The minimum atomic E-state index is -0.839. The van der Waals surface area contributed by atoms with Crippen LogP contribution in [0.1, 0.15) is 49.1 Å². The molecule has 2 saturated carbocycles. The van der Waals surface area contributed by atoms with Gasteiger partial charge in [0.15, 0.2) is 0 Å². The van der Waals surface area contributed by atoms with Crippen molar-refractivity contribution >= 4 is 18.0 Å². The van der Waals surface area contributed by atoms with E-state index >= 15 is 0 Å². The van der Waals surface area contributed by atoms with Crippen molar-refractivity contribution in [3.8, 4) is 11.1 Å². The summed E-state index contributed by atoms with van der Waals surface area (Å²) in [5.74, 6) is -1.50. The van der Waals surface area contributed by atoms with Crippen molar-refractivity contribution in [2.75, 3.05) is 13.2 Å². The van der Waals surface area contributed by atoms with Gasteiger partial charge in [-0.2, -0.15) is 0 Å². The predicted octanol–water partition coefficient (Wildman–Crippen LogP) is 3.92. The van der Waals surface area contributed by atoms with Crippen LogP contribution < -0.4 is 10.6 Å². The van der Waals surface area contributed by atoms with Gasteiger partial charge in [0, 0.05) is 24.4 Å². The summed E-state index contributed by atoms with van der Waals surface area (Å²) in [6, 6.07) is 16.3. The maximum absolute atomic E-state index is 12.4. The molecule has 3 aliphatic carbocycles. The molecule has 0 aromatic heterocycles. The minimum absolute atomic E-state index is 0.0101. The van der Waals surface area contributed by atoms with Crippen LogP contribution in [-0.2, 0) is 14.3 Å². The fourth-order valence-electron chi connectivity index (χ4n) is 5.41. The number of benzene rings is 2. The van der Waals surface area contributed by atoms with E-state index < -0.39 is 18.0 Å². The van der Waals surface area contributed by atoms with Crippen LogP contribution in [0.2, 0.25) is 0 Å². The molecule has 0 aliphatic heterocycles. The number of rotatable bonds is 8. The first-order valence-corrected chi connectivity index (χ1v) is 12.1. The van der Waals surface area contributed by atoms with Crippen molar-refractivity contribution in [2.24, 2.45) is 17.8 Å². The predicted molar refractivity (Wildman–Crippen MR) is 126 cm³/mol. The lowest BCUT2D eigenvalue weighted by Crippen LogP contribution is -2.50. The van der Waals surface area contributed by atoms with Gasteiger partial charge in [-0.1, -0.05) is 55.0 Å². The molecule has 2 fully saturated rings. The quantitative estimate of drug-likeness (QED) is 0.552. The maximum atomic E-state index is 12.4. The van der Waals surface area contributed by atoms with E-state index in [-0.39, 0.29) is 42.9 Å². The Morgan fingerprint density at radius 1 is 0.971 bits per heavy atom. The molecule has 1 unspecified atom stereocenters. The number of amides is 2. The van der Waals surface area contributed by atoms with Gasteiger partial charge in [-0.3, -0.25) is 9.59 Å². The molecular weight excluding hydrogens is 432 g/mol. The average molecular weight is 463 g/mol. The molecule has 0 bridgehead atoms. The van der Waals surface area contributed by atoms with Crippen LogP contribution in [0, 0.1) is 17.8 Å². The average Bonchev–Trinajstić information content (AvgIpc) is 3.09. The highest BCUT2D eigenvalue weighted by atomic mass is 16.5. The van der Waals surface area contributed by atoms with Crippen LogP contribution in [0.15, 0.2) is 48.5 Å². The van der Waals surface area contributed by atoms with Gasteiger partial charge in [0.1, 0.15) is 6.61 Å². The molecule has 0 spiro atoms. The molecular formula is C27H30N2O5. The standard InChI is InChI=1S/C27H30N2O5/c30-25(28-14-23(26(31)32)16-6-5-7-16)17-12-18(13-17)29-27(33)34-15-24-21-10-3-1-8-19(21)20-9-2-4-11-22(20)24/h1-4,8-11,16-18,23-24H,5-7,12-15H2,(H,28,30)(H,29,33)(H,31,32). The summed E-state index contributed by atoms with van der Waals surface area (Å²) in [4.78, 5) is 36.3. The van der Waals surface area contributed by atoms with E-state index in [1.165, 1.54) is 22.3 Å². The highest BCUT2D eigenvalue weighted by molar-refractivity contribution is 5.81. The third kappa shape index (κ3) is 4.39. The number of alkyl carbamates (subject to hydrolysis) is 1. The summed E-state index contributed by atoms with van der Waals surface area (Å²) in [6.07, 6.45) is 3.51. The van der Waals surface area contributed by atoms with E-state index in [1.54, 1.807) is 0 Å². The van der Waals surface area contributed by atoms with Crippen molar-refractivity contribution in [1.82, 2.24) is 10.6 Å². The zero-order valence-electron chi connectivity index (χ0n) is 19.0. The smallest absolute Gasteiger partial charge is 0.407 e. The number of ether oxygens (including phenoxy) is 1. The van der Waals surface area contributed by atoms with E-state index in [0.717, 1.165) is 19.3 Å². The number of carboxylic acids is 1. The Hall–Kier alpha value is -3.35. The largest absolute Gasteiger partial charge is 0.481 e. The second-order valence-electron chi connectivity index (χ2n) is 9.72. The Labute approximate surface area is 198 Å². The molecule has 0 radical (unpaired) electrons. The van der Waals surface area contributed by atoms with Gasteiger partial charge >= 0.3 is 12.1 Å². The van der Waals surface area contributed by atoms with Gasteiger partial charge in [-0.25, -0.2) is 4.79 Å². The van der Waals surface area contributed by atoms with E-state index in [1.807, 2.05) is 24.3 Å². The fraction of sp³-hybridized carbons (Fsp3) is 0.444. The van der Waals surface area contributed by atoms with Crippen molar-refractivity contribution in [2.45, 2.75) is 44.1 Å². The molecule has 0 saturated heterocycles. The second-order valence-corrected chi connectivity index (χ2v) is 9.72. The van der Waals surface area contributed by atoms with Crippen LogP contribution in [0.3, 0.4) is 0 Å². The number of carbonyl (C=O) groups is 3. The fourth-order valence-corrected chi connectivity index (χ4v) is 5.41. The zero-order chi connectivity index (χ0) is 23.7. The summed E-state index contributed by atoms with van der Waals surface area (Å²) < 4.78 is 5.58. The molecule has 0 heterocycles. The summed E-state index contributed by atoms with van der Waals surface area (Å²) in [6.45, 7) is 0.439. The highest BCUT2D eigenvalue weighted by Gasteiger charge is 2.38. The van der Waals surface area contributed by atoms with Crippen LogP contribution >= 0.6 is 0 Å². The maximum Gasteiger partial charge on any atom is 0.407 e. The van der Waals surface area contributed by atoms with Gasteiger partial charge in [0.05, 0.1) is 5.92 Å². The molecule has 34 heavy (non-hydrogen) atoms. The van der Waals surface area contributed by atoms with Crippen molar-refractivity contribution in [3.05, 3.63) is 59.7 Å². The number of hydrogen-bond acceptors (Lipinski definition) is 4. The first-order chi connectivity index (χ1) is 16.5. The van der Waals surface area contributed by atoms with Crippen molar-refractivity contribution < 1.29 is 24.2 Å². The molecule has 2 aromatic rings. The lowest BCUT2D eigenvalue weighted by atomic mass is 9.75. The molecule has 3 N–H and O–H groups in total. The first-order valence-electron chi connectivity index (χ1n) is 12.1. The molecule has 178 valence electrons. The second kappa shape index (κ2) is 9.49. The summed E-state index contributed by atoms with van der Waals surface area (Å²) >= 11 is 0. The third-order valence-electron chi connectivity index (χ3n) is 7.71. The summed E-state index contributed by atoms with van der Waals surface area (Å²) in [5, 5.41) is 15.1. The van der Waals surface area contributed by atoms with Gasteiger partial charge in [-0.15, -0.1) is 0 Å². The minimum Gasteiger partial charge on any atom is -0.481 e. The third-order valence-corrected chi connectivity index (χ3v) is 7.71. The first kappa shape index (κ1) is 22.4. The van der Waals surface area contributed by atoms with Crippen molar-refractivity contribution in [3.63, 3.8) is 0 Å². The lowest BCUT2D eigenvalue weighted by molar-refractivity contribution is -0.145. The van der Waals surface area contributed by atoms with E-state index in [4.69, 9.17) is 4.74 Å².